The van der Waals surface area contributed by atoms with E-state index < -0.39 is 0 Å². The quantitative estimate of drug-likeness (QED) is 0.507. The summed E-state index contributed by atoms with van der Waals surface area (Å²) in [6, 6.07) is 0. The molecule has 0 spiro atoms. The third-order valence-corrected chi connectivity index (χ3v) is 3.35. The average Bonchev–Trinajstić information content (AvgIpc) is 2.12. The van der Waals surface area contributed by atoms with Crippen LogP contribution in [0.4, 0.5) is 0 Å². The van der Waals surface area contributed by atoms with Crippen molar-refractivity contribution in [1.29, 1.82) is 0 Å². The van der Waals surface area contributed by atoms with Gasteiger partial charge in [0.05, 0.1) is 0 Å². The molecule has 1 atom stereocenters. The zero-order valence-corrected chi connectivity index (χ0v) is 7.22. The molecular formula is C8H14S. The fourth-order valence-corrected chi connectivity index (χ4v) is 2.63. The largest absolute Gasteiger partial charge is 0.150 e. The molecule has 0 fully saturated rings. The first-order valence-corrected chi connectivity index (χ1v) is 4.60. The van der Waals surface area contributed by atoms with Crippen molar-refractivity contribution in [2.24, 2.45) is 0 Å². The molecule has 1 heteroatoms. The number of thioether (sulfide) groups is 1. The topological polar surface area (TPSA) is 0 Å². The van der Waals surface area contributed by atoms with E-state index in [4.69, 9.17) is 0 Å². The highest BCUT2D eigenvalue weighted by molar-refractivity contribution is 8.00. The molecule has 1 aliphatic heterocycles. The second kappa shape index (κ2) is 2.78. The van der Waals surface area contributed by atoms with Gasteiger partial charge in [-0.2, -0.15) is 0 Å². The van der Waals surface area contributed by atoms with Gasteiger partial charge in [-0.15, -0.1) is 11.8 Å². The van der Waals surface area contributed by atoms with Crippen LogP contribution in [0.5, 0.6) is 0 Å². The Bertz CT molecular complexity index is 136. The molecular weight excluding hydrogens is 128 g/mol. The zero-order chi connectivity index (χ0) is 6.85. The van der Waals surface area contributed by atoms with E-state index in [-0.39, 0.29) is 0 Å². The van der Waals surface area contributed by atoms with Crippen LogP contribution in [-0.2, 0) is 0 Å². The van der Waals surface area contributed by atoms with E-state index in [2.05, 4.69) is 32.5 Å². The summed E-state index contributed by atoms with van der Waals surface area (Å²) >= 11 is 2.06. The van der Waals surface area contributed by atoms with E-state index in [0.29, 0.717) is 0 Å². The summed E-state index contributed by atoms with van der Waals surface area (Å²) in [4.78, 5) is 0. The van der Waals surface area contributed by atoms with E-state index >= 15 is 0 Å². The fraction of sp³-hybridized carbons (Fsp3) is 0.750. The first-order valence-electron chi connectivity index (χ1n) is 3.55. The third kappa shape index (κ3) is 1.32. The second-order valence-corrected chi connectivity index (χ2v) is 3.94. The minimum absolute atomic E-state index is 0.801. The van der Waals surface area contributed by atoms with Crippen molar-refractivity contribution in [3.05, 3.63) is 11.1 Å². The van der Waals surface area contributed by atoms with Crippen LogP contribution in [0.3, 0.4) is 0 Å². The molecule has 1 heterocycles. The number of rotatable bonds is 1. The van der Waals surface area contributed by atoms with Crippen LogP contribution >= 0.6 is 11.8 Å². The molecule has 0 radical (unpaired) electrons. The van der Waals surface area contributed by atoms with E-state index in [1.54, 1.807) is 11.1 Å². The summed E-state index contributed by atoms with van der Waals surface area (Å²) in [7, 11) is 0. The molecule has 0 aliphatic carbocycles. The van der Waals surface area contributed by atoms with Gasteiger partial charge in [0.1, 0.15) is 0 Å². The Hall–Kier alpha value is 0.0900. The minimum atomic E-state index is 0.801. The molecule has 52 valence electrons. The predicted octanol–water partition coefficient (Wildman–Crippen LogP) is 2.85. The molecule has 0 saturated heterocycles. The summed E-state index contributed by atoms with van der Waals surface area (Å²) in [6.07, 6.45) is 1.25. The van der Waals surface area contributed by atoms with Gasteiger partial charge in [-0.1, -0.05) is 18.1 Å². The summed E-state index contributed by atoms with van der Waals surface area (Å²) in [6.45, 7) is 6.82. The average molecular weight is 142 g/mol. The van der Waals surface area contributed by atoms with Crippen molar-refractivity contribution < 1.29 is 0 Å². The van der Waals surface area contributed by atoms with Gasteiger partial charge in [-0.25, -0.2) is 0 Å². The Morgan fingerprint density at radius 2 is 2.33 bits per heavy atom. The highest BCUT2D eigenvalue weighted by Crippen LogP contribution is 2.33. The van der Waals surface area contributed by atoms with Crippen LogP contribution in [0.1, 0.15) is 27.2 Å². The van der Waals surface area contributed by atoms with Crippen LogP contribution in [0, 0.1) is 0 Å². The van der Waals surface area contributed by atoms with Crippen molar-refractivity contribution in [2.45, 2.75) is 32.4 Å². The molecule has 0 aromatic rings. The van der Waals surface area contributed by atoms with Gasteiger partial charge in [0, 0.05) is 11.0 Å². The normalized spacial score (nSPS) is 27.7. The van der Waals surface area contributed by atoms with Gasteiger partial charge in [-0.3, -0.25) is 0 Å². The summed E-state index contributed by atoms with van der Waals surface area (Å²) in [5.41, 5.74) is 3.30. The van der Waals surface area contributed by atoms with E-state index in [0.717, 1.165) is 5.25 Å². The van der Waals surface area contributed by atoms with Gasteiger partial charge < -0.3 is 0 Å². The van der Waals surface area contributed by atoms with E-state index in [1.807, 2.05) is 0 Å². The van der Waals surface area contributed by atoms with Crippen LogP contribution in [-0.4, -0.2) is 11.0 Å². The molecule has 9 heavy (non-hydrogen) atoms. The van der Waals surface area contributed by atoms with E-state index in [9.17, 15) is 0 Å². The van der Waals surface area contributed by atoms with E-state index in [1.165, 1.54) is 12.2 Å². The van der Waals surface area contributed by atoms with Crippen LogP contribution in [0.2, 0.25) is 0 Å². The lowest BCUT2D eigenvalue weighted by molar-refractivity contribution is 0.983. The summed E-state index contributed by atoms with van der Waals surface area (Å²) < 4.78 is 0. The molecule has 0 saturated carbocycles. The molecule has 1 unspecified atom stereocenters. The first-order chi connectivity index (χ1) is 4.25. The highest BCUT2D eigenvalue weighted by Gasteiger charge is 2.16. The SMILES string of the molecule is CCC1=C(C)CSC1C. The maximum absolute atomic E-state index is 2.31. The lowest BCUT2D eigenvalue weighted by Gasteiger charge is -2.04. The van der Waals surface area contributed by atoms with Crippen molar-refractivity contribution in [3.63, 3.8) is 0 Å². The third-order valence-electron chi connectivity index (χ3n) is 1.97. The molecule has 0 aromatic heterocycles. The maximum Gasteiger partial charge on any atom is 0.0234 e. The molecule has 0 bridgehead atoms. The molecule has 1 rings (SSSR count). The van der Waals surface area contributed by atoms with Gasteiger partial charge >= 0.3 is 0 Å². The summed E-state index contributed by atoms with van der Waals surface area (Å²) in [5.74, 6) is 1.27. The van der Waals surface area contributed by atoms with Crippen LogP contribution < -0.4 is 0 Å². The van der Waals surface area contributed by atoms with Crippen molar-refractivity contribution in [3.8, 4) is 0 Å². The molecule has 0 aromatic carbocycles. The lowest BCUT2D eigenvalue weighted by atomic mass is 10.1. The molecule has 1 aliphatic rings. The second-order valence-electron chi connectivity index (χ2n) is 2.61. The monoisotopic (exact) mass is 142 g/mol. The molecule has 0 nitrogen and oxygen atoms in total. The molecule has 0 N–H and O–H groups in total. The van der Waals surface area contributed by atoms with Crippen LogP contribution in [0.15, 0.2) is 11.1 Å². The lowest BCUT2D eigenvalue weighted by Crippen LogP contribution is -1.94. The Labute approximate surface area is 61.7 Å². The van der Waals surface area contributed by atoms with Gasteiger partial charge in [-0.05, 0) is 20.3 Å². The predicted molar refractivity (Wildman–Crippen MR) is 44.9 cm³/mol. The van der Waals surface area contributed by atoms with Gasteiger partial charge in [0.15, 0.2) is 0 Å². The van der Waals surface area contributed by atoms with Crippen molar-refractivity contribution in [2.75, 3.05) is 5.75 Å². The molecule has 0 amide bonds. The van der Waals surface area contributed by atoms with Gasteiger partial charge in [0.25, 0.3) is 0 Å². The highest BCUT2D eigenvalue weighted by atomic mass is 32.2. The van der Waals surface area contributed by atoms with Crippen LogP contribution in [0.25, 0.3) is 0 Å². The minimum Gasteiger partial charge on any atom is -0.150 e. The number of hydrogen-bond donors (Lipinski definition) is 0. The summed E-state index contributed by atoms with van der Waals surface area (Å²) in [5, 5.41) is 0.801. The Morgan fingerprint density at radius 3 is 2.56 bits per heavy atom. The standard InChI is InChI=1S/C8H14S/c1-4-8-6(2)5-9-7(8)3/h7H,4-5H2,1-3H3. The fourth-order valence-electron chi connectivity index (χ4n) is 1.38. The Kier molecular flexibility index (Phi) is 2.23. The van der Waals surface area contributed by atoms with Gasteiger partial charge in [0.2, 0.25) is 0 Å². The smallest absolute Gasteiger partial charge is 0.0234 e. The maximum atomic E-state index is 2.31. The first kappa shape index (κ1) is 7.20. The van der Waals surface area contributed by atoms with Crippen molar-refractivity contribution in [1.82, 2.24) is 0 Å². The zero-order valence-electron chi connectivity index (χ0n) is 6.40. The van der Waals surface area contributed by atoms with Crippen molar-refractivity contribution >= 4 is 11.8 Å². The Balaban J connectivity index is 2.69. The Morgan fingerprint density at radius 1 is 1.67 bits per heavy atom. The number of hydrogen-bond acceptors (Lipinski definition) is 1.